The number of aromatic hydroxyl groups is 1. The Morgan fingerprint density at radius 1 is 1.60 bits per heavy atom. The molecule has 0 aliphatic carbocycles. The van der Waals surface area contributed by atoms with Crippen molar-refractivity contribution in [3.63, 3.8) is 0 Å². The molecule has 4 heteroatoms. The highest BCUT2D eigenvalue weighted by Crippen LogP contribution is 2.26. The van der Waals surface area contributed by atoms with Gasteiger partial charge in [-0.15, -0.1) is 0 Å². The van der Waals surface area contributed by atoms with Crippen molar-refractivity contribution in [3.8, 4) is 5.75 Å². The summed E-state index contributed by atoms with van der Waals surface area (Å²) in [5, 5.41) is 13.0. The van der Waals surface area contributed by atoms with E-state index >= 15 is 0 Å². The number of aromatic nitrogens is 1. The number of anilines is 1. The van der Waals surface area contributed by atoms with Crippen LogP contribution in [0.3, 0.4) is 0 Å². The van der Waals surface area contributed by atoms with Crippen molar-refractivity contribution in [1.82, 2.24) is 10.3 Å². The third-order valence-corrected chi connectivity index (χ3v) is 2.90. The first-order valence-electron chi connectivity index (χ1n) is 5.37. The van der Waals surface area contributed by atoms with E-state index in [2.05, 4.69) is 15.2 Å². The second kappa shape index (κ2) is 4.49. The number of pyridine rings is 1. The standard InChI is InChI=1S/C11H17N3O/c1-12-9-4-3-7-14(8-9)11-10(15)5-2-6-13-11/h2,5-6,9,12,15H,3-4,7-8H2,1H3/t9-/m0/s1. The maximum atomic E-state index is 9.70. The lowest BCUT2D eigenvalue weighted by molar-refractivity contribution is 0.433. The first-order valence-corrected chi connectivity index (χ1v) is 5.37. The summed E-state index contributed by atoms with van der Waals surface area (Å²) in [5.41, 5.74) is 0. The smallest absolute Gasteiger partial charge is 0.171 e. The predicted molar refractivity (Wildman–Crippen MR) is 60.2 cm³/mol. The topological polar surface area (TPSA) is 48.4 Å². The van der Waals surface area contributed by atoms with Gasteiger partial charge in [-0.05, 0) is 32.0 Å². The van der Waals surface area contributed by atoms with Crippen LogP contribution in [-0.4, -0.2) is 36.3 Å². The normalized spacial score (nSPS) is 21.7. The monoisotopic (exact) mass is 207 g/mol. The van der Waals surface area contributed by atoms with E-state index < -0.39 is 0 Å². The average molecular weight is 207 g/mol. The van der Waals surface area contributed by atoms with E-state index in [1.54, 1.807) is 18.3 Å². The Balaban J connectivity index is 2.13. The molecule has 0 spiro atoms. The summed E-state index contributed by atoms with van der Waals surface area (Å²) in [5.74, 6) is 0.978. The summed E-state index contributed by atoms with van der Waals surface area (Å²) in [7, 11) is 1.98. The van der Waals surface area contributed by atoms with E-state index in [1.165, 1.54) is 6.42 Å². The third kappa shape index (κ3) is 2.21. The van der Waals surface area contributed by atoms with Crippen LogP contribution in [0.15, 0.2) is 18.3 Å². The van der Waals surface area contributed by atoms with Crippen molar-refractivity contribution in [2.24, 2.45) is 0 Å². The Kier molecular flexibility index (Phi) is 3.06. The Bertz CT molecular complexity index is 329. The van der Waals surface area contributed by atoms with Crippen LogP contribution in [0.2, 0.25) is 0 Å². The van der Waals surface area contributed by atoms with Crippen LogP contribution in [0.1, 0.15) is 12.8 Å². The second-order valence-electron chi connectivity index (χ2n) is 3.92. The van der Waals surface area contributed by atoms with Crippen LogP contribution in [-0.2, 0) is 0 Å². The van der Waals surface area contributed by atoms with Gasteiger partial charge in [0.15, 0.2) is 11.6 Å². The lowest BCUT2D eigenvalue weighted by atomic mass is 10.1. The molecule has 0 unspecified atom stereocenters. The van der Waals surface area contributed by atoms with Crippen LogP contribution >= 0.6 is 0 Å². The predicted octanol–water partition coefficient (Wildman–Crippen LogP) is 0.975. The highest BCUT2D eigenvalue weighted by atomic mass is 16.3. The Labute approximate surface area is 89.9 Å². The molecule has 1 saturated heterocycles. The molecule has 1 atom stereocenters. The molecule has 2 N–H and O–H groups in total. The van der Waals surface area contributed by atoms with Crippen LogP contribution < -0.4 is 10.2 Å². The SMILES string of the molecule is CN[C@H]1CCCN(c2ncccc2O)C1. The number of piperidine rings is 1. The zero-order valence-electron chi connectivity index (χ0n) is 8.98. The number of rotatable bonds is 2. The molecule has 1 aliphatic rings. The van der Waals surface area contributed by atoms with Gasteiger partial charge in [-0.25, -0.2) is 4.98 Å². The molecule has 0 bridgehead atoms. The van der Waals surface area contributed by atoms with Gasteiger partial charge >= 0.3 is 0 Å². The summed E-state index contributed by atoms with van der Waals surface area (Å²) in [4.78, 5) is 6.36. The fraction of sp³-hybridized carbons (Fsp3) is 0.545. The summed E-state index contributed by atoms with van der Waals surface area (Å²) >= 11 is 0. The first-order chi connectivity index (χ1) is 7.31. The minimum Gasteiger partial charge on any atom is -0.504 e. The fourth-order valence-corrected chi connectivity index (χ4v) is 2.04. The van der Waals surface area contributed by atoms with Crippen LogP contribution in [0.5, 0.6) is 5.75 Å². The number of nitrogens with one attached hydrogen (secondary N) is 1. The molecule has 4 nitrogen and oxygen atoms in total. The van der Waals surface area contributed by atoms with Crippen molar-refractivity contribution in [2.45, 2.75) is 18.9 Å². The number of hydrogen-bond donors (Lipinski definition) is 2. The van der Waals surface area contributed by atoms with Gasteiger partial charge in [-0.3, -0.25) is 0 Å². The minimum atomic E-state index is 0.272. The largest absolute Gasteiger partial charge is 0.504 e. The summed E-state index contributed by atoms with van der Waals surface area (Å²) < 4.78 is 0. The van der Waals surface area contributed by atoms with Crippen molar-refractivity contribution >= 4 is 5.82 Å². The van der Waals surface area contributed by atoms with Crippen molar-refractivity contribution in [3.05, 3.63) is 18.3 Å². The quantitative estimate of drug-likeness (QED) is 0.759. The summed E-state index contributed by atoms with van der Waals surface area (Å²) in [6.45, 7) is 1.89. The molecule has 2 heterocycles. The second-order valence-corrected chi connectivity index (χ2v) is 3.92. The lowest BCUT2D eigenvalue weighted by Crippen LogP contribution is -2.44. The molecule has 1 fully saturated rings. The van der Waals surface area contributed by atoms with Crippen LogP contribution in [0.4, 0.5) is 5.82 Å². The van der Waals surface area contributed by atoms with E-state index in [-0.39, 0.29) is 5.75 Å². The van der Waals surface area contributed by atoms with Crippen LogP contribution in [0.25, 0.3) is 0 Å². The molecule has 15 heavy (non-hydrogen) atoms. The molecular weight excluding hydrogens is 190 g/mol. The molecule has 1 aromatic rings. The Hall–Kier alpha value is -1.29. The molecule has 82 valence electrons. The highest BCUT2D eigenvalue weighted by Gasteiger charge is 2.21. The molecule has 1 aliphatic heterocycles. The van der Waals surface area contributed by atoms with E-state index in [9.17, 15) is 5.11 Å². The molecule has 2 rings (SSSR count). The molecular formula is C11H17N3O. The number of hydrogen-bond acceptors (Lipinski definition) is 4. The average Bonchev–Trinajstić information content (AvgIpc) is 2.30. The molecule has 0 aromatic carbocycles. The van der Waals surface area contributed by atoms with Crippen molar-refractivity contribution in [2.75, 3.05) is 25.0 Å². The third-order valence-electron chi connectivity index (χ3n) is 2.90. The minimum absolute atomic E-state index is 0.272. The van der Waals surface area contributed by atoms with E-state index in [0.717, 1.165) is 19.5 Å². The van der Waals surface area contributed by atoms with Crippen molar-refractivity contribution < 1.29 is 5.11 Å². The van der Waals surface area contributed by atoms with Crippen molar-refractivity contribution in [1.29, 1.82) is 0 Å². The molecule has 0 saturated carbocycles. The summed E-state index contributed by atoms with van der Waals surface area (Å²) in [6.07, 6.45) is 4.06. The Morgan fingerprint density at radius 2 is 2.47 bits per heavy atom. The van der Waals surface area contributed by atoms with Gasteiger partial charge in [-0.2, -0.15) is 0 Å². The first kappa shape index (κ1) is 10.2. The molecule has 0 radical (unpaired) electrons. The van der Waals surface area contributed by atoms with Gasteiger partial charge in [0.1, 0.15) is 0 Å². The van der Waals surface area contributed by atoms with Gasteiger partial charge in [0.2, 0.25) is 0 Å². The van der Waals surface area contributed by atoms with Gasteiger partial charge in [-0.1, -0.05) is 0 Å². The van der Waals surface area contributed by atoms with Gasteiger partial charge in [0.05, 0.1) is 0 Å². The maximum absolute atomic E-state index is 9.70. The highest BCUT2D eigenvalue weighted by molar-refractivity contribution is 5.51. The van der Waals surface area contributed by atoms with Crippen LogP contribution in [0, 0.1) is 0 Å². The zero-order valence-corrected chi connectivity index (χ0v) is 8.98. The number of likely N-dealkylation sites (N-methyl/N-ethyl adjacent to an activating group) is 1. The van der Waals surface area contributed by atoms with E-state index in [0.29, 0.717) is 11.9 Å². The van der Waals surface area contributed by atoms with E-state index in [4.69, 9.17) is 0 Å². The van der Waals surface area contributed by atoms with Gasteiger partial charge in [0, 0.05) is 25.3 Å². The summed E-state index contributed by atoms with van der Waals surface area (Å²) in [6, 6.07) is 3.93. The van der Waals surface area contributed by atoms with E-state index in [1.807, 2.05) is 7.05 Å². The zero-order chi connectivity index (χ0) is 10.7. The fourth-order valence-electron chi connectivity index (χ4n) is 2.04. The molecule has 1 aromatic heterocycles. The molecule has 0 amide bonds. The lowest BCUT2D eigenvalue weighted by Gasteiger charge is -2.33. The van der Waals surface area contributed by atoms with Gasteiger partial charge < -0.3 is 15.3 Å². The Morgan fingerprint density at radius 3 is 3.20 bits per heavy atom. The number of nitrogens with zero attached hydrogens (tertiary/aromatic N) is 2. The van der Waals surface area contributed by atoms with Gasteiger partial charge in [0.25, 0.3) is 0 Å². The maximum Gasteiger partial charge on any atom is 0.171 e.